The summed E-state index contributed by atoms with van der Waals surface area (Å²) in [6.45, 7) is 2.99. The van der Waals surface area contributed by atoms with Crippen LogP contribution in [0.2, 0.25) is 0 Å². The Balaban J connectivity index is 1.90. The van der Waals surface area contributed by atoms with Gasteiger partial charge in [-0.2, -0.15) is 0 Å². The van der Waals surface area contributed by atoms with E-state index >= 15 is 0 Å². The summed E-state index contributed by atoms with van der Waals surface area (Å²) < 4.78 is 0. The second kappa shape index (κ2) is 10.5. The minimum Gasteiger partial charge on any atom is -0.355 e. The van der Waals surface area contributed by atoms with Crippen molar-refractivity contribution in [3.8, 4) is 0 Å². The molecule has 3 amide bonds. The standard InChI is InChI=1S/C23H28N4O3S/c1-3-4-11-26-22(29)17-9-10-20-19(12-17)27(23(30)18(24)14-31-20)13-15-5-7-16(8-6-15)21(28)25-2/h5-10,12,18H,3-4,11,13-14,24H2,1-2H3,(H,25,28)(H,26,29)/t18-/m0/s1. The van der Waals surface area contributed by atoms with Gasteiger partial charge in [-0.3, -0.25) is 14.4 Å². The summed E-state index contributed by atoms with van der Waals surface area (Å²) in [5.74, 6) is -0.0397. The normalized spacial score (nSPS) is 15.8. The van der Waals surface area contributed by atoms with Crippen molar-refractivity contribution in [2.75, 3.05) is 24.2 Å². The van der Waals surface area contributed by atoms with Crippen molar-refractivity contribution >= 4 is 35.2 Å². The van der Waals surface area contributed by atoms with Crippen LogP contribution in [0.1, 0.15) is 46.0 Å². The van der Waals surface area contributed by atoms with Gasteiger partial charge in [-0.25, -0.2) is 0 Å². The van der Waals surface area contributed by atoms with Crippen LogP contribution in [0.5, 0.6) is 0 Å². The van der Waals surface area contributed by atoms with Gasteiger partial charge in [-0.15, -0.1) is 11.8 Å². The van der Waals surface area contributed by atoms with Crippen LogP contribution in [0.15, 0.2) is 47.4 Å². The van der Waals surface area contributed by atoms with Crippen LogP contribution in [0.4, 0.5) is 5.69 Å². The van der Waals surface area contributed by atoms with Crippen LogP contribution >= 0.6 is 11.8 Å². The molecule has 1 aliphatic rings. The number of fused-ring (bicyclic) bond motifs is 1. The molecule has 1 aliphatic heterocycles. The van der Waals surface area contributed by atoms with Crippen molar-refractivity contribution in [2.45, 2.75) is 37.2 Å². The molecule has 0 spiro atoms. The summed E-state index contributed by atoms with van der Waals surface area (Å²) in [4.78, 5) is 39.9. The Kier molecular flexibility index (Phi) is 7.70. The predicted molar refractivity (Wildman–Crippen MR) is 123 cm³/mol. The van der Waals surface area contributed by atoms with Crippen LogP contribution in [0, 0.1) is 0 Å². The van der Waals surface area contributed by atoms with E-state index < -0.39 is 6.04 Å². The molecule has 8 heteroatoms. The van der Waals surface area contributed by atoms with Crippen LogP contribution in [-0.4, -0.2) is 43.1 Å². The predicted octanol–water partition coefficient (Wildman–Crippen LogP) is 2.54. The van der Waals surface area contributed by atoms with E-state index in [9.17, 15) is 14.4 Å². The fraction of sp³-hybridized carbons (Fsp3) is 0.348. The molecule has 0 saturated carbocycles. The van der Waals surface area contributed by atoms with Gasteiger partial charge in [0, 0.05) is 35.4 Å². The minimum absolute atomic E-state index is 0.155. The van der Waals surface area contributed by atoms with Gasteiger partial charge in [0.2, 0.25) is 5.91 Å². The number of nitrogens with one attached hydrogen (secondary N) is 2. The fourth-order valence-electron chi connectivity index (χ4n) is 3.29. The number of carbonyl (C=O) groups excluding carboxylic acids is 3. The lowest BCUT2D eigenvalue weighted by molar-refractivity contribution is -0.119. The van der Waals surface area contributed by atoms with Gasteiger partial charge in [0.25, 0.3) is 11.8 Å². The third-order valence-electron chi connectivity index (χ3n) is 5.11. The second-order valence-electron chi connectivity index (χ2n) is 7.41. The number of anilines is 1. The molecule has 7 nitrogen and oxygen atoms in total. The van der Waals surface area contributed by atoms with Crippen molar-refractivity contribution in [3.05, 3.63) is 59.2 Å². The molecule has 3 rings (SSSR count). The van der Waals surface area contributed by atoms with E-state index in [2.05, 4.69) is 17.6 Å². The summed E-state index contributed by atoms with van der Waals surface area (Å²) >= 11 is 1.51. The smallest absolute Gasteiger partial charge is 0.251 e. The zero-order valence-electron chi connectivity index (χ0n) is 17.8. The SMILES string of the molecule is CCCCNC(=O)c1ccc2c(c1)N(Cc1ccc(C(=O)NC)cc1)C(=O)[C@@H](N)CS2. The first-order valence-electron chi connectivity index (χ1n) is 10.4. The van der Waals surface area contributed by atoms with Gasteiger partial charge in [-0.05, 0) is 42.3 Å². The molecular weight excluding hydrogens is 412 g/mol. The number of carbonyl (C=O) groups is 3. The molecule has 0 saturated heterocycles. The van der Waals surface area contributed by atoms with E-state index in [1.807, 2.05) is 18.2 Å². The molecule has 31 heavy (non-hydrogen) atoms. The highest BCUT2D eigenvalue weighted by molar-refractivity contribution is 7.99. The van der Waals surface area contributed by atoms with Crippen molar-refractivity contribution in [1.82, 2.24) is 10.6 Å². The first-order valence-corrected chi connectivity index (χ1v) is 11.4. The number of amides is 3. The first-order chi connectivity index (χ1) is 14.9. The van der Waals surface area contributed by atoms with Crippen molar-refractivity contribution < 1.29 is 14.4 Å². The molecule has 0 aliphatic carbocycles. The van der Waals surface area contributed by atoms with Gasteiger partial charge >= 0.3 is 0 Å². The van der Waals surface area contributed by atoms with Crippen LogP contribution in [0.25, 0.3) is 0 Å². The number of thioether (sulfide) groups is 1. The van der Waals surface area contributed by atoms with E-state index in [1.165, 1.54) is 11.8 Å². The number of unbranched alkanes of at least 4 members (excludes halogenated alkanes) is 1. The molecule has 2 aromatic rings. The van der Waals surface area contributed by atoms with E-state index in [0.29, 0.717) is 35.7 Å². The first kappa shape index (κ1) is 22.8. The van der Waals surface area contributed by atoms with Gasteiger partial charge in [0.15, 0.2) is 0 Å². The lowest BCUT2D eigenvalue weighted by atomic mass is 10.1. The Morgan fingerprint density at radius 2 is 1.84 bits per heavy atom. The van der Waals surface area contributed by atoms with Crippen LogP contribution < -0.4 is 21.3 Å². The third-order valence-corrected chi connectivity index (χ3v) is 6.30. The molecule has 1 heterocycles. The topological polar surface area (TPSA) is 105 Å². The van der Waals surface area contributed by atoms with E-state index in [-0.39, 0.29) is 17.7 Å². The summed E-state index contributed by atoms with van der Waals surface area (Å²) in [7, 11) is 1.58. The zero-order chi connectivity index (χ0) is 22.4. The Bertz CT molecular complexity index is 962. The highest BCUT2D eigenvalue weighted by atomic mass is 32.2. The number of benzene rings is 2. The Labute approximate surface area is 186 Å². The summed E-state index contributed by atoms with van der Waals surface area (Å²) in [6.07, 6.45) is 1.91. The number of hydrogen-bond acceptors (Lipinski definition) is 5. The van der Waals surface area contributed by atoms with Crippen LogP contribution in [-0.2, 0) is 11.3 Å². The Morgan fingerprint density at radius 1 is 1.13 bits per heavy atom. The number of hydrogen-bond donors (Lipinski definition) is 3. The maximum atomic E-state index is 13.0. The van der Waals surface area contributed by atoms with Gasteiger partial charge in [0.1, 0.15) is 0 Å². The lowest BCUT2D eigenvalue weighted by Gasteiger charge is -2.25. The summed E-state index contributed by atoms with van der Waals surface area (Å²) in [5, 5.41) is 5.51. The van der Waals surface area contributed by atoms with E-state index in [1.54, 1.807) is 36.2 Å². The monoisotopic (exact) mass is 440 g/mol. The van der Waals surface area contributed by atoms with E-state index in [0.717, 1.165) is 23.3 Å². The summed E-state index contributed by atoms with van der Waals surface area (Å²) in [6, 6.07) is 11.9. The quantitative estimate of drug-likeness (QED) is 0.574. The lowest BCUT2D eigenvalue weighted by Crippen LogP contribution is -2.44. The molecule has 1 atom stereocenters. The highest BCUT2D eigenvalue weighted by Gasteiger charge is 2.29. The molecule has 0 bridgehead atoms. The number of nitrogens with two attached hydrogens (primary N) is 1. The van der Waals surface area contributed by atoms with Crippen molar-refractivity contribution in [2.24, 2.45) is 5.73 Å². The molecule has 0 aromatic heterocycles. The molecule has 4 N–H and O–H groups in total. The second-order valence-corrected chi connectivity index (χ2v) is 8.47. The Morgan fingerprint density at radius 3 is 2.52 bits per heavy atom. The Hall–Kier alpha value is -2.84. The van der Waals surface area contributed by atoms with Crippen molar-refractivity contribution in [3.63, 3.8) is 0 Å². The average Bonchev–Trinajstić information content (AvgIpc) is 2.91. The van der Waals surface area contributed by atoms with Gasteiger partial charge < -0.3 is 21.3 Å². The molecule has 0 fully saturated rings. The van der Waals surface area contributed by atoms with Crippen LogP contribution in [0.3, 0.4) is 0 Å². The van der Waals surface area contributed by atoms with Gasteiger partial charge in [0.05, 0.1) is 18.3 Å². The molecule has 164 valence electrons. The molecule has 2 aromatic carbocycles. The molecule has 0 unspecified atom stereocenters. The molecular formula is C23H28N4O3S. The van der Waals surface area contributed by atoms with Crippen molar-refractivity contribution in [1.29, 1.82) is 0 Å². The highest BCUT2D eigenvalue weighted by Crippen LogP contribution is 2.35. The number of rotatable bonds is 7. The molecule has 0 radical (unpaired) electrons. The maximum absolute atomic E-state index is 13.0. The average molecular weight is 441 g/mol. The largest absolute Gasteiger partial charge is 0.355 e. The third kappa shape index (κ3) is 5.45. The zero-order valence-corrected chi connectivity index (χ0v) is 18.6. The fourth-order valence-corrected chi connectivity index (χ4v) is 4.28. The minimum atomic E-state index is -0.635. The number of nitrogens with zero attached hydrogens (tertiary/aromatic N) is 1. The van der Waals surface area contributed by atoms with E-state index in [4.69, 9.17) is 5.73 Å². The van der Waals surface area contributed by atoms with Gasteiger partial charge in [-0.1, -0.05) is 25.5 Å². The summed E-state index contributed by atoms with van der Waals surface area (Å²) in [5.41, 5.74) is 8.73. The maximum Gasteiger partial charge on any atom is 0.251 e.